The fourth-order valence-electron chi connectivity index (χ4n) is 2.85. The first-order valence-electron chi connectivity index (χ1n) is 7.37. The number of hydrogen-bond donors (Lipinski definition) is 2. The summed E-state index contributed by atoms with van der Waals surface area (Å²) in [6.45, 7) is 4.17. The SMILES string of the molecule is Cc1cc(N)ccc1-c1ccc(-c2ccc(N)cc2C)cc1. The summed E-state index contributed by atoms with van der Waals surface area (Å²) in [6.07, 6.45) is 0. The number of hydrogen-bond acceptors (Lipinski definition) is 2. The molecule has 22 heavy (non-hydrogen) atoms. The molecule has 0 saturated heterocycles. The first-order chi connectivity index (χ1) is 10.5. The Hall–Kier alpha value is -2.74. The molecule has 0 spiro atoms. The zero-order valence-electron chi connectivity index (χ0n) is 12.9. The molecule has 0 aromatic heterocycles. The smallest absolute Gasteiger partial charge is 0.0317 e. The molecule has 0 heterocycles. The molecule has 0 aliphatic carbocycles. The van der Waals surface area contributed by atoms with Crippen LogP contribution in [0.2, 0.25) is 0 Å². The van der Waals surface area contributed by atoms with Crippen molar-refractivity contribution in [2.75, 3.05) is 11.5 Å². The van der Waals surface area contributed by atoms with Crippen LogP contribution in [-0.4, -0.2) is 0 Å². The predicted octanol–water partition coefficient (Wildman–Crippen LogP) is 4.80. The Morgan fingerprint density at radius 3 is 1.23 bits per heavy atom. The Labute approximate surface area is 131 Å². The minimum Gasteiger partial charge on any atom is -0.399 e. The molecule has 2 nitrogen and oxygen atoms in total. The van der Waals surface area contributed by atoms with E-state index in [4.69, 9.17) is 11.5 Å². The predicted molar refractivity (Wildman–Crippen MR) is 95.6 cm³/mol. The quantitative estimate of drug-likeness (QED) is 0.665. The second kappa shape index (κ2) is 5.57. The zero-order valence-corrected chi connectivity index (χ0v) is 12.9. The maximum Gasteiger partial charge on any atom is 0.0317 e. The summed E-state index contributed by atoms with van der Waals surface area (Å²) in [5.74, 6) is 0. The molecule has 0 aliphatic rings. The lowest BCUT2D eigenvalue weighted by Crippen LogP contribution is -1.90. The van der Waals surface area contributed by atoms with Crippen molar-refractivity contribution in [2.45, 2.75) is 13.8 Å². The van der Waals surface area contributed by atoms with Crippen molar-refractivity contribution in [2.24, 2.45) is 0 Å². The lowest BCUT2D eigenvalue weighted by molar-refractivity contribution is 1.44. The number of benzene rings is 3. The maximum absolute atomic E-state index is 5.82. The van der Waals surface area contributed by atoms with Crippen molar-refractivity contribution in [3.63, 3.8) is 0 Å². The lowest BCUT2D eigenvalue weighted by atomic mass is 9.95. The highest BCUT2D eigenvalue weighted by Crippen LogP contribution is 2.29. The van der Waals surface area contributed by atoms with E-state index in [1.54, 1.807) is 0 Å². The second-order valence-electron chi connectivity index (χ2n) is 5.73. The molecule has 110 valence electrons. The fourth-order valence-corrected chi connectivity index (χ4v) is 2.85. The minimum atomic E-state index is 0.801. The van der Waals surface area contributed by atoms with Gasteiger partial charge in [0.25, 0.3) is 0 Å². The average Bonchev–Trinajstić information content (AvgIpc) is 2.48. The van der Waals surface area contributed by atoms with Gasteiger partial charge in [0.05, 0.1) is 0 Å². The molecule has 3 aromatic rings. The van der Waals surface area contributed by atoms with Gasteiger partial charge in [-0.2, -0.15) is 0 Å². The Morgan fingerprint density at radius 2 is 0.909 bits per heavy atom. The first-order valence-corrected chi connectivity index (χ1v) is 7.37. The van der Waals surface area contributed by atoms with Gasteiger partial charge in [-0.15, -0.1) is 0 Å². The normalized spacial score (nSPS) is 10.6. The van der Waals surface area contributed by atoms with E-state index in [-0.39, 0.29) is 0 Å². The van der Waals surface area contributed by atoms with Crippen LogP contribution in [0.1, 0.15) is 11.1 Å². The molecule has 0 saturated carbocycles. The summed E-state index contributed by atoms with van der Waals surface area (Å²) in [5, 5.41) is 0. The van der Waals surface area contributed by atoms with Crippen molar-refractivity contribution in [1.82, 2.24) is 0 Å². The summed E-state index contributed by atoms with van der Waals surface area (Å²) >= 11 is 0. The van der Waals surface area contributed by atoms with Crippen LogP contribution >= 0.6 is 0 Å². The highest BCUT2D eigenvalue weighted by molar-refractivity contribution is 5.75. The first kappa shape index (κ1) is 14.2. The van der Waals surface area contributed by atoms with Crippen LogP contribution < -0.4 is 11.5 Å². The van der Waals surface area contributed by atoms with E-state index < -0.39 is 0 Å². The monoisotopic (exact) mass is 288 g/mol. The Balaban J connectivity index is 1.99. The number of aryl methyl sites for hydroxylation is 2. The summed E-state index contributed by atoms with van der Waals surface area (Å²) in [7, 11) is 0. The summed E-state index contributed by atoms with van der Waals surface area (Å²) < 4.78 is 0. The van der Waals surface area contributed by atoms with Crippen LogP contribution in [0.3, 0.4) is 0 Å². The molecule has 0 fully saturated rings. The number of nitrogens with two attached hydrogens (primary N) is 2. The van der Waals surface area contributed by atoms with E-state index in [9.17, 15) is 0 Å². The van der Waals surface area contributed by atoms with Gasteiger partial charge in [-0.25, -0.2) is 0 Å². The van der Waals surface area contributed by atoms with E-state index in [0.29, 0.717) is 0 Å². The molecule has 4 N–H and O–H groups in total. The van der Waals surface area contributed by atoms with Crippen molar-refractivity contribution in [3.8, 4) is 22.3 Å². The molecule has 0 aliphatic heterocycles. The van der Waals surface area contributed by atoms with Gasteiger partial charge >= 0.3 is 0 Å². The van der Waals surface area contributed by atoms with Crippen molar-refractivity contribution in [3.05, 3.63) is 71.8 Å². The van der Waals surface area contributed by atoms with Crippen molar-refractivity contribution in [1.29, 1.82) is 0 Å². The van der Waals surface area contributed by atoms with Crippen LogP contribution in [0, 0.1) is 13.8 Å². The van der Waals surface area contributed by atoms with E-state index in [0.717, 1.165) is 11.4 Å². The number of nitrogen functional groups attached to an aromatic ring is 2. The van der Waals surface area contributed by atoms with Gasteiger partial charge in [0.2, 0.25) is 0 Å². The molecule has 0 bridgehead atoms. The Morgan fingerprint density at radius 1 is 0.545 bits per heavy atom. The fraction of sp³-hybridized carbons (Fsp3) is 0.100. The van der Waals surface area contributed by atoms with Gasteiger partial charge in [-0.1, -0.05) is 36.4 Å². The molecule has 0 unspecified atom stereocenters. The Kier molecular flexibility index (Phi) is 3.60. The van der Waals surface area contributed by atoms with Crippen molar-refractivity contribution < 1.29 is 0 Å². The Bertz CT molecular complexity index is 747. The zero-order chi connectivity index (χ0) is 15.7. The lowest BCUT2D eigenvalue weighted by Gasteiger charge is -2.10. The molecule has 0 amide bonds. The summed E-state index contributed by atoms with van der Waals surface area (Å²) in [6, 6.07) is 20.7. The molecular formula is C20H20N2. The van der Waals surface area contributed by atoms with E-state index >= 15 is 0 Å². The number of anilines is 2. The highest BCUT2D eigenvalue weighted by atomic mass is 14.5. The third-order valence-corrected chi connectivity index (χ3v) is 4.01. The minimum absolute atomic E-state index is 0.801. The highest BCUT2D eigenvalue weighted by Gasteiger charge is 2.05. The molecule has 3 aromatic carbocycles. The molecule has 2 heteroatoms. The van der Waals surface area contributed by atoms with Crippen LogP contribution in [0.4, 0.5) is 11.4 Å². The van der Waals surface area contributed by atoms with Gasteiger partial charge in [0, 0.05) is 11.4 Å². The van der Waals surface area contributed by atoms with Gasteiger partial charge in [0.15, 0.2) is 0 Å². The third-order valence-electron chi connectivity index (χ3n) is 4.01. The molecule has 0 radical (unpaired) electrons. The van der Waals surface area contributed by atoms with Crippen LogP contribution in [-0.2, 0) is 0 Å². The number of rotatable bonds is 2. The topological polar surface area (TPSA) is 52.0 Å². The molecule has 3 rings (SSSR count). The largest absolute Gasteiger partial charge is 0.399 e. The van der Waals surface area contributed by atoms with E-state index in [2.05, 4.69) is 50.2 Å². The standard InChI is InChI=1S/C20H20N2/c1-13-11-17(21)7-9-19(13)15-3-5-16(6-4-15)20-10-8-18(22)12-14(20)2/h3-12H,21-22H2,1-2H3. The third kappa shape index (κ3) is 2.68. The van der Waals surface area contributed by atoms with Crippen molar-refractivity contribution >= 4 is 11.4 Å². The van der Waals surface area contributed by atoms with Crippen LogP contribution in [0.15, 0.2) is 60.7 Å². The van der Waals surface area contributed by atoms with Crippen LogP contribution in [0.25, 0.3) is 22.3 Å². The second-order valence-corrected chi connectivity index (χ2v) is 5.73. The summed E-state index contributed by atoms with van der Waals surface area (Å²) in [4.78, 5) is 0. The van der Waals surface area contributed by atoms with Gasteiger partial charge in [-0.3, -0.25) is 0 Å². The average molecular weight is 288 g/mol. The van der Waals surface area contributed by atoms with Gasteiger partial charge in [0.1, 0.15) is 0 Å². The van der Waals surface area contributed by atoms with Gasteiger partial charge < -0.3 is 11.5 Å². The van der Waals surface area contributed by atoms with E-state index in [1.165, 1.54) is 33.4 Å². The van der Waals surface area contributed by atoms with Crippen LogP contribution in [0.5, 0.6) is 0 Å². The molecular weight excluding hydrogens is 268 g/mol. The summed E-state index contributed by atoms with van der Waals surface area (Å²) in [5.41, 5.74) is 20.5. The van der Waals surface area contributed by atoms with Gasteiger partial charge in [-0.05, 0) is 71.5 Å². The molecule has 0 atom stereocenters. The maximum atomic E-state index is 5.82. The van der Waals surface area contributed by atoms with E-state index in [1.807, 2.05) is 24.3 Å².